The Morgan fingerprint density at radius 1 is 1.35 bits per heavy atom. The number of imidazole rings is 1. The van der Waals surface area contributed by atoms with E-state index in [0.717, 1.165) is 29.8 Å². The fraction of sp³-hybridized carbons (Fsp3) is 0.750. The van der Waals surface area contributed by atoms with Crippen molar-refractivity contribution in [1.82, 2.24) is 14.5 Å². The van der Waals surface area contributed by atoms with Crippen LogP contribution in [0.1, 0.15) is 36.8 Å². The maximum absolute atomic E-state index is 6.33. The van der Waals surface area contributed by atoms with Gasteiger partial charge in [-0.1, -0.05) is 18.0 Å². The molecular formula is C12H21ClN4. The van der Waals surface area contributed by atoms with Crippen molar-refractivity contribution in [2.45, 2.75) is 32.2 Å². The molecule has 96 valence electrons. The highest BCUT2D eigenvalue weighted by Gasteiger charge is 2.26. The molecule has 1 aromatic rings. The summed E-state index contributed by atoms with van der Waals surface area (Å²) in [6, 6.07) is 0.169. The lowest BCUT2D eigenvalue weighted by atomic mass is 10.1. The lowest BCUT2D eigenvalue weighted by Crippen LogP contribution is -2.37. The summed E-state index contributed by atoms with van der Waals surface area (Å²) in [4.78, 5) is 6.98. The summed E-state index contributed by atoms with van der Waals surface area (Å²) in [6.45, 7) is 4.76. The monoisotopic (exact) mass is 256 g/mol. The van der Waals surface area contributed by atoms with Crippen molar-refractivity contribution in [2.75, 3.05) is 19.6 Å². The fourth-order valence-corrected chi connectivity index (χ4v) is 2.78. The Labute approximate surface area is 108 Å². The molecule has 0 bridgehead atoms. The first-order valence-corrected chi connectivity index (χ1v) is 6.65. The van der Waals surface area contributed by atoms with Gasteiger partial charge in [0.05, 0.1) is 11.7 Å². The number of aryl methyl sites for hydroxylation is 1. The summed E-state index contributed by atoms with van der Waals surface area (Å²) >= 11 is 6.33. The zero-order valence-electron chi connectivity index (χ0n) is 10.6. The SMILES string of the molecule is Cc1nc(C(CN)N2CCCCC2)c(Cl)n1C. The van der Waals surface area contributed by atoms with Crippen LogP contribution in [-0.4, -0.2) is 34.1 Å². The van der Waals surface area contributed by atoms with Crippen molar-refractivity contribution in [3.63, 3.8) is 0 Å². The van der Waals surface area contributed by atoms with Gasteiger partial charge in [0.2, 0.25) is 0 Å². The minimum Gasteiger partial charge on any atom is -0.329 e. The van der Waals surface area contributed by atoms with E-state index in [9.17, 15) is 0 Å². The number of nitrogens with zero attached hydrogens (tertiary/aromatic N) is 3. The van der Waals surface area contributed by atoms with Gasteiger partial charge in [0.15, 0.2) is 0 Å². The van der Waals surface area contributed by atoms with Crippen LogP contribution in [0.4, 0.5) is 0 Å². The molecule has 0 amide bonds. The van der Waals surface area contributed by atoms with Crippen LogP contribution in [0.15, 0.2) is 0 Å². The van der Waals surface area contributed by atoms with E-state index < -0.39 is 0 Å². The minimum absolute atomic E-state index is 0.169. The van der Waals surface area contributed by atoms with Gasteiger partial charge in [-0.05, 0) is 32.9 Å². The largest absolute Gasteiger partial charge is 0.329 e. The second-order valence-electron chi connectivity index (χ2n) is 4.74. The smallest absolute Gasteiger partial charge is 0.133 e. The maximum Gasteiger partial charge on any atom is 0.133 e. The van der Waals surface area contributed by atoms with Crippen LogP contribution in [0, 0.1) is 6.92 Å². The summed E-state index contributed by atoms with van der Waals surface area (Å²) in [5.74, 6) is 0.945. The van der Waals surface area contributed by atoms with Gasteiger partial charge < -0.3 is 10.3 Å². The van der Waals surface area contributed by atoms with Gasteiger partial charge in [0.25, 0.3) is 0 Å². The molecule has 0 aliphatic carbocycles. The Hall–Kier alpha value is -0.580. The average molecular weight is 257 g/mol. The molecule has 0 saturated carbocycles. The Kier molecular flexibility index (Phi) is 4.07. The van der Waals surface area contributed by atoms with E-state index in [0.29, 0.717) is 6.54 Å². The van der Waals surface area contributed by atoms with Gasteiger partial charge in [-0.25, -0.2) is 4.98 Å². The molecular weight excluding hydrogens is 236 g/mol. The van der Waals surface area contributed by atoms with Gasteiger partial charge in [0.1, 0.15) is 11.0 Å². The first kappa shape index (κ1) is 12.9. The zero-order chi connectivity index (χ0) is 12.4. The average Bonchev–Trinajstić information content (AvgIpc) is 2.60. The van der Waals surface area contributed by atoms with E-state index in [2.05, 4.69) is 9.88 Å². The Bertz CT molecular complexity index is 382. The van der Waals surface area contributed by atoms with Crippen LogP contribution in [0.25, 0.3) is 0 Å². The molecule has 1 atom stereocenters. The predicted octanol–water partition coefficient (Wildman–Crippen LogP) is 1.87. The first-order valence-electron chi connectivity index (χ1n) is 6.28. The van der Waals surface area contributed by atoms with E-state index in [1.54, 1.807) is 0 Å². The van der Waals surface area contributed by atoms with Gasteiger partial charge in [-0.15, -0.1) is 0 Å². The number of nitrogens with two attached hydrogens (primary N) is 1. The highest BCUT2D eigenvalue weighted by molar-refractivity contribution is 6.30. The second kappa shape index (κ2) is 5.38. The van der Waals surface area contributed by atoms with E-state index in [-0.39, 0.29) is 6.04 Å². The molecule has 1 aliphatic rings. The number of hydrogen-bond acceptors (Lipinski definition) is 3. The van der Waals surface area contributed by atoms with Crippen LogP contribution < -0.4 is 5.73 Å². The third-order valence-electron chi connectivity index (χ3n) is 3.64. The van der Waals surface area contributed by atoms with E-state index in [1.807, 2.05) is 18.5 Å². The fourth-order valence-electron chi connectivity index (χ4n) is 2.49. The lowest BCUT2D eigenvalue weighted by Gasteiger charge is -2.33. The van der Waals surface area contributed by atoms with Crippen molar-refractivity contribution in [1.29, 1.82) is 0 Å². The zero-order valence-corrected chi connectivity index (χ0v) is 11.4. The van der Waals surface area contributed by atoms with E-state index in [1.165, 1.54) is 19.3 Å². The second-order valence-corrected chi connectivity index (χ2v) is 5.10. The predicted molar refractivity (Wildman–Crippen MR) is 70.2 cm³/mol. The molecule has 0 radical (unpaired) electrons. The summed E-state index contributed by atoms with van der Waals surface area (Å²) in [5.41, 5.74) is 6.86. The summed E-state index contributed by atoms with van der Waals surface area (Å²) in [7, 11) is 1.94. The van der Waals surface area contributed by atoms with Gasteiger partial charge in [-0.3, -0.25) is 4.90 Å². The third kappa shape index (κ3) is 2.49. The van der Waals surface area contributed by atoms with E-state index in [4.69, 9.17) is 17.3 Å². The molecule has 0 spiro atoms. The summed E-state index contributed by atoms with van der Waals surface area (Å²) in [6.07, 6.45) is 3.82. The maximum atomic E-state index is 6.33. The van der Waals surface area contributed by atoms with Crippen LogP contribution in [-0.2, 0) is 7.05 Å². The molecule has 5 heteroatoms. The molecule has 0 aromatic carbocycles. The molecule has 1 fully saturated rings. The number of hydrogen-bond donors (Lipinski definition) is 1. The van der Waals surface area contributed by atoms with Gasteiger partial charge >= 0.3 is 0 Å². The lowest BCUT2D eigenvalue weighted by molar-refractivity contribution is 0.165. The van der Waals surface area contributed by atoms with Crippen molar-refractivity contribution < 1.29 is 0 Å². The summed E-state index contributed by atoms with van der Waals surface area (Å²) in [5, 5.41) is 0.725. The molecule has 2 N–H and O–H groups in total. The Balaban J connectivity index is 2.24. The quantitative estimate of drug-likeness (QED) is 0.898. The van der Waals surface area contributed by atoms with Crippen LogP contribution in [0.5, 0.6) is 0 Å². The molecule has 2 rings (SSSR count). The highest BCUT2D eigenvalue weighted by Crippen LogP contribution is 2.28. The topological polar surface area (TPSA) is 47.1 Å². The van der Waals surface area contributed by atoms with Gasteiger partial charge in [0, 0.05) is 13.6 Å². The molecule has 2 heterocycles. The minimum atomic E-state index is 0.169. The normalized spacial score (nSPS) is 19.5. The number of aromatic nitrogens is 2. The molecule has 1 aromatic heterocycles. The van der Waals surface area contributed by atoms with Crippen molar-refractivity contribution in [2.24, 2.45) is 12.8 Å². The molecule has 1 saturated heterocycles. The van der Waals surface area contributed by atoms with Crippen molar-refractivity contribution in [3.05, 3.63) is 16.7 Å². The molecule has 1 aliphatic heterocycles. The van der Waals surface area contributed by atoms with Gasteiger partial charge in [-0.2, -0.15) is 0 Å². The number of rotatable bonds is 3. The molecule has 4 nitrogen and oxygen atoms in total. The van der Waals surface area contributed by atoms with Crippen molar-refractivity contribution >= 4 is 11.6 Å². The first-order chi connectivity index (χ1) is 8.15. The number of piperidine rings is 1. The van der Waals surface area contributed by atoms with Crippen LogP contribution >= 0.6 is 11.6 Å². The molecule has 1 unspecified atom stereocenters. The standard InChI is InChI=1S/C12H21ClN4/c1-9-15-11(12(13)16(9)2)10(8-14)17-6-4-3-5-7-17/h10H,3-8,14H2,1-2H3. The van der Waals surface area contributed by atoms with Crippen LogP contribution in [0.2, 0.25) is 5.15 Å². The van der Waals surface area contributed by atoms with Crippen LogP contribution in [0.3, 0.4) is 0 Å². The highest BCUT2D eigenvalue weighted by atomic mass is 35.5. The Morgan fingerprint density at radius 2 is 2.00 bits per heavy atom. The number of likely N-dealkylation sites (tertiary alicyclic amines) is 1. The summed E-state index contributed by atoms with van der Waals surface area (Å²) < 4.78 is 1.92. The van der Waals surface area contributed by atoms with E-state index >= 15 is 0 Å². The third-order valence-corrected chi connectivity index (χ3v) is 4.09. The Morgan fingerprint density at radius 3 is 2.47 bits per heavy atom. The van der Waals surface area contributed by atoms with Crippen molar-refractivity contribution in [3.8, 4) is 0 Å². The number of halogens is 1. The molecule has 17 heavy (non-hydrogen) atoms.